The number of benzene rings is 3. The fourth-order valence-electron chi connectivity index (χ4n) is 3.96. The molecule has 0 saturated carbocycles. The van der Waals surface area contributed by atoms with Gasteiger partial charge in [0.05, 0.1) is 10.7 Å². The third-order valence-electron chi connectivity index (χ3n) is 5.75. The molecule has 2 heterocycles. The van der Waals surface area contributed by atoms with Gasteiger partial charge < -0.3 is 4.90 Å². The highest BCUT2D eigenvalue weighted by atomic mass is 32.2. The molecule has 0 unspecified atom stereocenters. The number of rotatable bonds is 6. The number of amidine groups is 1. The predicted octanol–water partition coefficient (Wildman–Crippen LogP) is 5.81. The molecule has 6 heteroatoms. The quantitative estimate of drug-likeness (QED) is 0.425. The second-order valence-corrected chi connectivity index (χ2v) is 9.97. The standard InChI is InChI=1S/C27H25N3OS2/c1-29-22-14-8-9-15-23(22)32-26(29)24-25(31)30(19-17-21-12-6-3-7-13-21)27(33-24)28-18-16-20-10-4-2-5-11-20/h2-15H,16-19H2,1H3. The number of fused-ring (bicyclic) bond motifs is 1. The van der Waals surface area contributed by atoms with Crippen LogP contribution in [0.15, 0.2) is 105 Å². The van der Waals surface area contributed by atoms with Crippen molar-refractivity contribution >= 4 is 40.3 Å². The van der Waals surface area contributed by atoms with Crippen molar-refractivity contribution < 1.29 is 4.79 Å². The number of para-hydroxylation sites is 1. The molecule has 33 heavy (non-hydrogen) atoms. The van der Waals surface area contributed by atoms with E-state index in [1.165, 1.54) is 27.8 Å². The van der Waals surface area contributed by atoms with Gasteiger partial charge >= 0.3 is 0 Å². The highest BCUT2D eigenvalue weighted by Crippen LogP contribution is 2.49. The number of nitrogens with zero attached hydrogens (tertiary/aromatic N) is 3. The lowest BCUT2D eigenvalue weighted by Crippen LogP contribution is -2.32. The molecule has 3 aromatic carbocycles. The third-order valence-corrected chi connectivity index (χ3v) is 8.22. The summed E-state index contributed by atoms with van der Waals surface area (Å²) in [5.74, 6) is 0.0524. The highest BCUT2D eigenvalue weighted by Gasteiger charge is 2.38. The second kappa shape index (κ2) is 9.89. The van der Waals surface area contributed by atoms with E-state index < -0.39 is 0 Å². The molecule has 0 spiro atoms. The molecule has 0 atom stereocenters. The Morgan fingerprint density at radius 2 is 1.42 bits per heavy atom. The summed E-state index contributed by atoms with van der Waals surface area (Å²) in [6.45, 7) is 1.28. The first-order chi connectivity index (χ1) is 16.2. The number of carbonyl (C=O) groups excluding carboxylic acids is 1. The smallest absolute Gasteiger partial charge is 0.269 e. The van der Waals surface area contributed by atoms with Crippen molar-refractivity contribution in [3.05, 3.63) is 106 Å². The van der Waals surface area contributed by atoms with E-state index in [0.29, 0.717) is 13.1 Å². The minimum Gasteiger partial charge on any atom is -0.337 e. The molecule has 0 aromatic heterocycles. The minimum atomic E-state index is 0.0524. The Bertz CT molecular complexity index is 1210. The van der Waals surface area contributed by atoms with E-state index in [-0.39, 0.29) is 5.91 Å². The van der Waals surface area contributed by atoms with Gasteiger partial charge in [0.2, 0.25) is 0 Å². The third kappa shape index (κ3) is 4.72. The van der Waals surface area contributed by atoms with Gasteiger partial charge in [-0.25, -0.2) is 0 Å². The summed E-state index contributed by atoms with van der Waals surface area (Å²) in [4.78, 5) is 24.4. The Labute approximate surface area is 203 Å². The second-order valence-electron chi connectivity index (χ2n) is 7.96. The van der Waals surface area contributed by atoms with Crippen molar-refractivity contribution in [2.45, 2.75) is 17.7 Å². The van der Waals surface area contributed by atoms with Gasteiger partial charge in [-0.1, -0.05) is 84.6 Å². The van der Waals surface area contributed by atoms with Crippen LogP contribution in [0.5, 0.6) is 0 Å². The SMILES string of the molecule is CN1C(=C2SC(=NCCc3ccccc3)N(CCc3ccccc3)C2=O)Sc2ccccc21. The Morgan fingerprint density at radius 1 is 0.788 bits per heavy atom. The first kappa shape index (κ1) is 21.9. The first-order valence-electron chi connectivity index (χ1n) is 11.1. The zero-order valence-corrected chi connectivity index (χ0v) is 20.1. The molecule has 1 amide bonds. The maximum absolute atomic E-state index is 13.6. The van der Waals surface area contributed by atoms with Gasteiger partial charge in [-0.15, -0.1) is 0 Å². The lowest BCUT2D eigenvalue weighted by Gasteiger charge is -2.16. The molecule has 2 aliphatic rings. The number of carbonyl (C=O) groups is 1. The molecule has 1 fully saturated rings. The number of anilines is 1. The van der Waals surface area contributed by atoms with Gasteiger partial charge in [0.1, 0.15) is 4.91 Å². The highest BCUT2D eigenvalue weighted by molar-refractivity contribution is 8.19. The van der Waals surface area contributed by atoms with Crippen molar-refractivity contribution in [1.82, 2.24) is 4.90 Å². The van der Waals surface area contributed by atoms with E-state index in [1.807, 2.05) is 48.3 Å². The van der Waals surface area contributed by atoms with Gasteiger partial charge in [0, 0.05) is 25.0 Å². The average Bonchev–Trinajstić information content (AvgIpc) is 3.35. The van der Waals surface area contributed by atoms with E-state index in [2.05, 4.69) is 53.4 Å². The van der Waals surface area contributed by atoms with Crippen LogP contribution in [0.1, 0.15) is 11.1 Å². The topological polar surface area (TPSA) is 35.9 Å². The minimum absolute atomic E-state index is 0.0524. The molecule has 5 rings (SSSR count). The summed E-state index contributed by atoms with van der Waals surface area (Å²) in [5, 5.41) is 1.79. The van der Waals surface area contributed by atoms with Crippen molar-refractivity contribution in [2.24, 2.45) is 4.99 Å². The molecular weight excluding hydrogens is 446 g/mol. The molecule has 0 N–H and O–H groups in total. The van der Waals surface area contributed by atoms with Crippen molar-refractivity contribution in [1.29, 1.82) is 0 Å². The predicted molar refractivity (Wildman–Crippen MR) is 140 cm³/mol. The fraction of sp³-hybridized carbons (Fsp3) is 0.185. The van der Waals surface area contributed by atoms with Crippen LogP contribution in [0.25, 0.3) is 0 Å². The van der Waals surface area contributed by atoms with E-state index in [9.17, 15) is 4.79 Å². The zero-order valence-electron chi connectivity index (χ0n) is 18.5. The molecule has 1 saturated heterocycles. The van der Waals surface area contributed by atoms with Crippen LogP contribution in [-0.4, -0.2) is 36.1 Å². The maximum Gasteiger partial charge on any atom is 0.269 e. The van der Waals surface area contributed by atoms with Crippen LogP contribution in [-0.2, 0) is 17.6 Å². The van der Waals surface area contributed by atoms with Crippen molar-refractivity contribution in [2.75, 3.05) is 25.0 Å². The van der Waals surface area contributed by atoms with Gasteiger partial charge in [-0.3, -0.25) is 14.7 Å². The molecule has 0 aliphatic carbocycles. The van der Waals surface area contributed by atoms with Crippen LogP contribution < -0.4 is 4.90 Å². The monoisotopic (exact) mass is 471 g/mol. The summed E-state index contributed by atoms with van der Waals surface area (Å²) >= 11 is 3.18. The summed E-state index contributed by atoms with van der Waals surface area (Å²) in [6, 6.07) is 29.0. The Balaban J connectivity index is 1.40. The van der Waals surface area contributed by atoms with Crippen LogP contribution in [0.3, 0.4) is 0 Å². The lowest BCUT2D eigenvalue weighted by atomic mass is 10.1. The van der Waals surface area contributed by atoms with E-state index in [4.69, 9.17) is 4.99 Å². The van der Waals surface area contributed by atoms with Crippen LogP contribution in [0, 0.1) is 0 Å². The molecule has 0 bridgehead atoms. The normalized spacial score (nSPS) is 18.9. The maximum atomic E-state index is 13.6. The Hall–Kier alpha value is -2.96. The van der Waals surface area contributed by atoms with Gasteiger partial charge in [-0.2, -0.15) is 0 Å². The lowest BCUT2D eigenvalue weighted by molar-refractivity contribution is -0.122. The average molecular weight is 472 g/mol. The number of thioether (sulfide) groups is 2. The summed E-state index contributed by atoms with van der Waals surface area (Å²) < 4.78 is 0. The zero-order chi connectivity index (χ0) is 22.6. The number of hydrogen-bond donors (Lipinski definition) is 0. The van der Waals surface area contributed by atoms with E-state index >= 15 is 0 Å². The van der Waals surface area contributed by atoms with E-state index in [0.717, 1.165) is 33.6 Å². The van der Waals surface area contributed by atoms with Crippen LogP contribution in [0.4, 0.5) is 5.69 Å². The molecule has 3 aromatic rings. The van der Waals surface area contributed by atoms with Gasteiger partial charge in [-0.05, 0) is 47.9 Å². The van der Waals surface area contributed by atoms with Crippen LogP contribution in [0.2, 0.25) is 0 Å². The molecular formula is C27H25N3OS2. The molecule has 166 valence electrons. The number of hydrogen-bond acceptors (Lipinski definition) is 5. The largest absolute Gasteiger partial charge is 0.337 e. The summed E-state index contributed by atoms with van der Waals surface area (Å²) in [6.07, 6.45) is 1.66. The van der Waals surface area contributed by atoms with Crippen molar-refractivity contribution in [3.8, 4) is 0 Å². The summed E-state index contributed by atoms with van der Waals surface area (Å²) in [7, 11) is 2.04. The molecule has 4 nitrogen and oxygen atoms in total. The molecule has 2 aliphatic heterocycles. The van der Waals surface area contributed by atoms with E-state index in [1.54, 1.807) is 11.8 Å². The number of aliphatic imine (C=N–C) groups is 1. The molecule has 0 radical (unpaired) electrons. The Kier molecular flexibility index (Phi) is 6.55. The Morgan fingerprint density at radius 3 is 2.12 bits per heavy atom. The van der Waals surface area contributed by atoms with Gasteiger partial charge in [0.15, 0.2) is 5.17 Å². The van der Waals surface area contributed by atoms with Crippen LogP contribution >= 0.6 is 23.5 Å². The first-order valence-corrected chi connectivity index (χ1v) is 12.7. The fourth-order valence-corrected chi connectivity index (χ4v) is 6.34. The summed E-state index contributed by atoms with van der Waals surface area (Å²) in [5.41, 5.74) is 3.62. The van der Waals surface area contributed by atoms with Crippen molar-refractivity contribution in [3.63, 3.8) is 0 Å². The van der Waals surface area contributed by atoms with Gasteiger partial charge in [0.25, 0.3) is 5.91 Å². The number of amides is 1.